The first-order valence-electron chi connectivity index (χ1n) is 13.2. The van der Waals surface area contributed by atoms with E-state index < -0.39 is 15.8 Å². The van der Waals surface area contributed by atoms with Crippen LogP contribution >= 0.6 is 15.8 Å². The summed E-state index contributed by atoms with van der Waals surface area (Å²) in [4.78, 5) is 0. The maximum Gasteiger partial charge on any atom is 0 e. The Hall–Kier alpha value is -3.63. The molecule has 0 aliphatic heterocycles. The number of nitrogens with one attached hydrogen (secondary N) is 1. The summed E-state index contributed by atoms with van der Waals surface area (Å²) in [5.41, 5.74) is 8.83. The maximum absolute atomic E-state index is 8.22. The summed E-state index contributed by atoms with van der Waals surface area (Å²) in [6.07, 6.45) is 0. The van der Waals surface area contributed by atoms with Crippen LogP contribution in [-0.2, 0) is 24.8 Å². The summed E-state index contributed by atoms with van der Waals surface area (Å²) in [5, 5.41) is 7.88. The Balaban J connectivity index is 0.000000213. The molecule has 0 bridgehead atoms. The van der Waals surface area contributed by atoms with E-state index in [0.29, 0.717) is 5.69 Å². The zero-order chi connectivity index (χ0) is 28.7. The van der Waals surface area contributed by atoms with Gasteiger partial charge in [0.25, 0.3) is 0 Å². The Morgan fingerprint density at radius 3 is 0.881 bits per heavy atom. The van der Waals surface area contributed by atoms with E-state index >= 15 is 0 Å². The molecule has 0 aliphatic rings. The number of benzene rings is 6. The van der Waals surface area contributed by atoms with Crippen LogP contribution < -0.4 is 31.8 Å². The molecule has 0 saturated heterocycles. The van der Waals surface area contributed by atoms with Crippen LogP contribution in [0.3, 0.4) is 0 Å². The standard InChI is InChI=1S/C18H15NP.C18H15P.CO.Ir/c19-17-13-7-8-14-18(17)20(15-9-3-1-4-10-15)16-11-5-2-6-12-16;1-4-10-16(11-5-1)19(17-12-6-2-7-13-17)18-14-8-3-9-15-18;1-2;/h1-14,19H;1-15H;;/q-1;;;. The van der Waals surface area contributed by atoms with Gasteiger partial charge in [-0.3, -0.25) is 0 Å². The van der Waals surface area contributed by atoms with E-state index in [1.807, 2.05) is 30.3 Å². The van der Waals surface area contributed by atoms with Crippen molar-refractivity contribution in [3.63, 3.8) is 0 Å². The van der Waals surface area contributed by atoms with Crippen LogP contribution in [-0.4, -0.2) is 0 Å². The van der Waals surface area contributed by atoms with E-state index in [4.69, 9.17) is 10.4 Å². The van der Waals surface area contributed by atoms with Crippen molar-refractivity contribution in [1.82, 2.24) is 0 Å². The average molecular weight is 759 g/mol. The summed E-state index contributed by atoms with van der Waals surface area (Å²) < 4.78 is 7.50. The Morgan fingerprint density at radius 1 is 0.357 bits per heavy atom. The molecule has 1 N–H and O–H groups in total. The summed E-state index contributed by atoms with van der Waals surface area (Å²) in [6, 6.07) is 61.2. The smallest absolute Gasteiger partial charge is 0 e. The molecule has 209 valence electrons. The minimum Gasteiger partial charge on any atom is -0.698 e. The molecule has 0 heterocycles. The maximum atomic E-state index is 8.22. The number of rotatable bonds is 6. The second-order valence-electron chi connectivity index (χ2n) is 8.87. The van der Waals surface area contributed by atoms with Gasteiger partial charge in [0.1, 0.15) is 0 Å². The Bertz CT molecular complexity index is 1470. The van der Waals surface area contributed by atoms with Crippen LogP contribution in [0.2, 0.25) is 0 Å². The van der Waals surface area contributed by atoms with Crippen molar-refractivity contribution in [3.05, 3.63) is 188 Å². The van der Waals surface area contributed by atoms with E-state index in [-0.39, 0.29) is 20.1 Å². The van der Waals surface area contributed by atoms with Crippen molar-refractivity contribution in [3.8, 4) is 0 Å². The fourth-order valence-electron chi connectivity index (χ4n) is 4.43. The molecule has 0 atom stereocenters. The van der Waals surface area contributed by atoms with Gasteiger partial charge in [-0.15, -0.1) is 5.69 Å². The van der Waals surface area contributed by atoms with E-state index in [0.717, 1.165) is 5.30 Å². The zero-order valence-electron chi connectivity index (χ0n) is 22.9. The van der Waals surface area contributed by atoms with E-state index in [1.54, 1.807) is 0 Å². The van der Waals surface area contributed by atoms with Gasteiger partial charge >= 0.3 is 11.3 Å². The molecule has 2 nitrogen and oxygen atoms in total. The third-order valence-corrected chi connectivity index (χ3v) is 11.2. The molecule has 0 unspecified atom stereocenters. The molecule has 42 heavy (non-hydrogen) atoms. The summed E-state index contributed by atoms with van der Waals surface area (Å²) >= 11 is 0. The second-order valence-corrected chi connectivity index (χ2v) is 13.3. The van der Waals surface area contributed by atoms with Crippen LogP contribution in [0, 0.1) is 6.65 Å². The van der Waals surface area contributed by atoms with Gasteiger partial charge in [-0.25, -0.2) is 0 Å². The van der Waals surface area contributed by atoms with Crippen molar-refractivity contribution >= 4 is 53.4 Å². The predicted octanol–water partition coefficient (Wildman–Crippen LogP) is 7.53. The Kier molecular flexibility index (Phi) is 14.1. The number of hydrogen-bond donors (Lipinski definition) is 0. The minimum absolute atomic E-state index is 0. The first-order chi connectivity index (χ1) is 20.3. The van der Waals surface area contributed by atoms with Crippen LogP contribution in [0.1, 0.15) is 0 Å². The van der Waals surface area contributed by atoms with Crippen LogP contribution in [0.15, 0.2) is 176 Å². The molecule has 6 rings (SSSR count). The molecule has 0 spiro atoms. The van der Waals surface area contributed by atoms with Gasteiger partial charge in [-0.1, -0.05) is 176 Å². The van der Waals surface area contributed by atoms with Crippen molar-refractivity contribution < 1.29 is 24.8 Å². The molecular formula is C37H30IrNOP2-. The summed E-state index contributed by atoms with van der Waals surface area (Å²) in [7, 11) is -1.10. The summed E-state index contributed by atoms with van der Waals surface area (Å²) in [5.74, 6) is 0. The van der Waals surface area contributed by atoms with Gasteiger partial charge in [0, 0.05) is 20.1 Å². The van der Waals surface area contributed by atoms with Crippen LogP contribution in [0.4, 0.5) is 5.69 Å². The molecule has 0 amide bonds. The monoisotopic (exact) mass is 759 g/mol. The molecule has 0 aromatic heterocycles. The third kappa shape index (κ3) is 8.93. The first-order valence-corrected chi connectivity index (χ1v) is 15.9. The third-order valence-electron chi connectivity index (χ3n) is 6.22. The topological polar surface area (TPSA) is 43.7 Å². The largest absolute Gasteiger partial charge is 0.698 e. The molecular weight excluding hydrogens is 729 g/mol. The van der Waals surface area contributed by atoms with Gasteiger partial charge < -0.3 is 5.73 Å². The van der Waals surface area contributed by atoms with Gasteiger partial charge in [0.15, 0.2) is 0 Å². The predicted molar refractivity (Wildman–Crippen MR) is 178 cm³/mol. The Morgan fingerprint density at radius 2 is 0.595 bits per heavy atom. The average Bonchev–Trinajstić information content (AvgIpc) is 3.06. The first kappa shape index (κ1) is 32.9. The van der Waals surface area contributed by atoms with E-state index in [9.17, 15) is 0 Å². The van der Waals surface area contributed by atoms with Crippen LogP contribution in [0.25, 0.3) is 5.73 Å². The summed E-state index contributed by atoms with van der Waals surface area (Å²) in [6.45, 7) is 4.50. The molecule has 0 fully saturated rings. The second kappa shape index (κ2) is 18.0. The van der Waals surface area contributed by atoms with E-state index in [1.165, 1.54) is 26.5 Å². The molecule has 6 aromatic carbocycles. The quantitative estimate of drug-likeness (QED) is 0.0959. The minimum atomic E-state index is -0.654. The zero-order valence-corrected chi connectivity index (χ0v) is 27.1. The fourth-order valence-corrected chi connectivity index (χ4v) is 9.08. The van der Waals surface area contributed by atoms with Gasteiger partial charge in [-0.2, -0.15) is 0 Å². The Labute approximate surface area is 265 Å². The van der Waals surface area contributed by atoms with Crippen LogP contribution in [0.5, 0.6) is 0 Å². The molecule has 0 saturated carbocycles. The van der Waals surface area contributed by atoms with Gasteiger partial charge in [-0.05, 0) is 47.7 Å². The molecule has 0 aliphatic carbocycles. The normalized spacial score (nSPS) is 9.90. The van der Waals surface area contributed by atoms with E-state index in [2.05, 4.69) is 152 Å². The van der Waals surface area contributed by atoms with Crippen molar-refractivity contribution in [2.75, 3.05) is 0 Å². The number of hydrogen-bond acceptors (Lipinski definition) is 0. The molecule has 1 radical (unpaired) electrons. The van der Waals surface area contributed by atoms with Crippen molar-refractivity contribution in [2.24, 2.45) is 0 Å². The molecule has 6 aromatic rings. The van der Waals surface area contributed by atoms with Crippen molar-refractivity contribution in [2.45, 2.75) is 0 Å². The van der Waals surface area contributed by atoms with Gasteiger partial charge in [0.05, 0.1) is 0 Å². The van der Waals surface area contributed by atoms with Crippen molar-refractivity contribution in [1.29, 1.82) is 0 Å². The van der Waals surface area contributed by atoms with Gasteiger partial charge in [0.2, 0.25) is 0 Å². The molecule has 5 heteroatoms. The fraction of sp³-hybridized carbons (Fsp3) is 0. The SMILES string of the molecule is [C-]#[O+].[Ir].[NH-]c1ccccc1P(c1ccccc1)c1ccccc1.c1ccc(P(c2ccccc2)c2ccccc2)cc1.